The van der Waals surface area contributed by atoms with Crippen molar-refractivity contribution in [3.05, 3.63) is 11.1 Å². The van der Waals surface area contributed by atoms with E-state index in [-0.39, 0.29) is 17.9 Å². The van der Waals surface area contributed by atoms with E-state index in [1.807, 2.05) is 0 Å². The van der Waals surface area contributed by atoms with E-state index in [1.165, 1.54) is 6.20 Å². The highest BCUT2D eigenvalue weighted by Crippen LogP contribution is 2.23. The molecule has 2 rings (SSSR count). The fourth-order valence-corrected chi connectivity index (χ4v) is 2.44. The van der Waals surface area contributed by atoms with Gasteiger partial charge in [-0.25, -0.2) is 0 Å². The first kappa shape index (κ1) is 11.5. The molecule has 0 aromatic carbocycles. The number of nitrogens with one attached hydrogen (secondary N) is 1. The monoisotopic (exact) mass is 241 g/mol. The summed E-state index contributed by atoms with van der Waals surface area (Å²) in [6.45, 7) is 0.540. The average molecular weight is 241 g/mol. The SMILES string of the molecule is O=C(NCC1CCCCC1O)c1cnns1. The van der Waals surface area contributed by atoms with Gasteiger partial charge in [-0.15, -0.1) is 5.10 Å². The Morgan fingerprint density at radius 1 is 1.56 bits per heavy atom. The van der Waals surface area contributed by atoms with E-state index in [2.05, 4.69) is 14.9 Å². The normalized spacial score (nSPS) is 25.3. The van der Waals surface area contributed by atoms with Crippen LogP contribution in [0.4, 0.5) is 0 Å². The lowest BCUT2D eigenvalue weighted by atomic mass is 9.86. The van der Waals surface area contributed by atoms with Crippen molar-refractivity contribution < 1.29 is 9.90 Å². The number of rotatable bonds is 3. The Balaban J connectivity index is 1.80. The maximum absolute atomic E-state index is 11.6. The van der Waals surface area contributed by atoms with E-state index >= 15 is 0 Å². The lowest BCUT2D eigenvalue weighted by molar-refractivity contribution is 0.0664. The quantitative estimate of drug-likeness (QED) is 0.821. The number of aliphatic hydroxyl groups excluding tert-OH is 1. The van der Waals surface area contributed by atoms with Crippen molar-refractivity contribution in [2.24, 2.45) is 5.92 Å². The van der Waals surface area contributed by atoms with E-state index < -0.39 is 0 Å². The molecule has 16 heavy (non-hydrogen) atoms. The Labute approximate surface area is 98.0 Å². The van der Waals surface area contributed by atoms with Crippen LogP contribution in [0.3, 0.4) is 0 Å². The highest BCUT2D eigenvalue weighted by molar-refractivity contribution is 7.07. The molecule has 1 aliphatic rings. The number of carbonyl (C=O) groups is 1. The summed E-state index contributed by atoms with van der Waals surface area (Å²) >= 11 is 1.08. The summed E-state index contributed by atoms with van der Waals surface area (Å²) in [5.74, 6) is 0.0476. The minimum Gasteiger partial charge on any atom is -0.393 e. The van der Waals surface area contributed by atoms with Crippen LogP contribution in [0.25, 0.3) is 0 Å². The third kappa shape index (κ3) is 2.76. The molecule has 1 heterocycles. The van der Waals surface area contributed by atoms with Gasteiger partial charge < -0.3 is 10.4 Å². The van der Waals surface area contributed by atoms with Gasteiger partial charge in [0.1, 0.15) is 4.88 Å². The topological polar surface area (TPSA) is 75.1 Å². The van der Waals surface area contributed by atoms with Crippen molar-refractivity contribution in [2.45, 2.75) is 31.8 Å². The van der Waals surface area contributed by atoms with Crippen molar-refractivity contribution >= 4 is 17.4 Å². The molecule has 1 amide bonds. The molecule has 2 N–H and O–H groups in total. The highest BCUT2D eigenvalue weighted by Gasteiger charge is 2.23. The molecule has 1 aromatic heterocycles. The molecule has 2 unspecified atom stereocenters. The number of hydrogen-bond acceptors (Lipinski definition) is 5. The first-order chi connectivity index (χ1) is 7.77. The fraction of sp³-hybridized carbons (Fsp3) is 0.700. The zero-order valence-corrected chi connectivity index (χ0v) is 9.74. The zero-order valence-electron chi connectivity index (χ0n) is 8.93. The molecular formula is C10H15N3O2S. The third-order valence-corrected chi connectivity index (χ3v) is 3.64. The van der Waals surface area contributed by atoms with Gasteiger partial charge in [0.2, 0.25) is 0 Å². The zero-order chi connectivity index (χ0) is 11.4. The van der Waals surface area contributed by atoms with Crippen LogP contribution >= 0.6 is 11.5 Å². The summed E-state index contributed by atoms with van der Waals surface area (Å²) in [6, 6.07) is 0. The van der Waals surface area contributed by atoms with Gasteiger partial charge >= 0.3 is 0 Å². The number of amides is 1. The van der Waals surface area contributed by atoms with E-state index in [0.29, 0.717) is 11.4 Å². The second-order valence-electron chi connectivity index (χ2n) is 4.10. The number of carbonyl (C=O) groups excluding carboxylic acids is 1. The van der Waals surface area contributed by atoms with E-state index in [1.54, 1.807) is 0 Å². The summed E-state index contributed by atoms with van der Waals surface area (Å²) in [5, 5.41) is 16.2. The van der Waals surface area contributed by atoms with Gasteiger partial charge in [-0.3, -0.25) is 4.79 Å². The van der Waals surface area contributed by atoms with Crippen molar-refractivity contribution in [2.75, 3.05) is 6.54 Å². The fourth-order valence-electron chi connectivity index (χ4n) is 2.00. The smallest absolute Gasteiger partial charge is 0.264 e. The molecule has 0 spiro atoms. The van der Waals surface area contributed by atoms with E-state index in [4.69, 9.17) is 0 Å². The first-order valence-electron chi connectivity index (χ1n) is 5.51. The van der Waals surface area contributed by atoms with Crippen LogP contribution in [-0.2, 0) is 0 Å². The molecule has 0 bridgehead atoms. The van der Waals surface area contributed by atoms with Crippen molar-refractivity contribution in [1.29, 1.82) is 0 Å². The Morgan fingerprint density at radius 3 is 3.06 bits per heavy atom. The number of aliphatic hydroxyl groups is 1. The van der Waals surface area contributed by atoms with Crippen LogP contribution in [0, 0.1) is 5.92 Å². The summed E-state index contributed by atoms with van der Waals surface area (Å²) in [4.78, 5) is 12.1. The van der Waals surface area contributed by atoms with E-state index in [0.717, 1.165) is 37.2 Å². The standard InChI is InChI=1S/C10H15N3O2S/c14-8-4-2-1-3-7(8)5-11-10(15)9-6-12-13-16-9/h6-8,14H,1-5H2,(H,11,15). The van der Waals surface area contributed by atoms with Gasteiger partial charge in [0, 0.05) is 12.5 Å². The van der Waals surface area contributed by atoms with Gasteiger partial charge in [-0.1, -0.05) is 17.3 Å². The number of nitrogens with zero attached hydrogens (tertiary/aromatic N) is 2. The minimum atomic E-state index is -0.270. The molecule has 88 valence electrons. The van der Waals surface area contributed by atoms with Crippen molar-refractivity contribution in [3.63, 3.8) is 0 Å². The Bertz CT molecular complexity index is 342. The van der Waals surface area contributed by atoms with Crippen LogP contribution in [0.2, 0.25) is 0 Å². The van der Waals surface area contributed by atoms with Crippen LogP contribution in [0.1, 0.15) is 35.4 Å². The molecule has 0 radical (unpaired) electrons. The Kier molecular flexibility index (Phi) is 3.84. The molecule has 1 aliphatic carbocycles. The van der Waals surface area contributed by atoms with Gasteiger partial charge in [-0.2, -0.15) is 0 Å². The first-order valence-corrected chi connectivity index (χ1v) is 6.28. The number of aromatic nitrogens is 2. The van der Waals surface area contributed by atoms with E-state index in [9.17, 15) is 9.90 Å². The predicted molar refractivity (Wildman–Crippen MR) is 60.2 cm³/mol. The Hall–Kier alpha value is -1.01. The summed E-state index contributed by atoms with van der Waals surface area (Å²) in [6.07, 6.45) is 5.25. The van der Waals surface area contributed by atoms with Gasteiger partial charge in [-0.05, 0) is 24.4 Å². The van der Waals surface area contributed by atoms with Crippen LogP contribution in [0.15, 0.2) is 6.20 Å². The largest absolute Gasteiger partial charge is 0.393 e. The second kappa shape index (κ2) is 5.36. The van der Waals surface area contributed by atoms with Gasteiger partial charge in [0.05, 0.1) is 12.3 Å². The highest BCUT2D eigenvalue weighted by atomic mass is 32.1. The molecule has 1 saturated carbocycles. The third-order valence-electron chi connectivity index (χ3n) is 2.98. The average Bonchev–Trinajstić information content (AvgIpc) is 2.81. The molecule has 2 atom stereocenters. The van der Waals surface area contributed by atoms with Crippen LogP contribution in [0.5, 0.6) is 0 Å². The molecular weight excluding hydrogens is 226 g/mol. The van der Waals surface area contributed by atoms with Gasteiger partial charge in [0.25, 0.3) is 5.91 Å². The van der Waals surface area contributed by atoms with Crippen LogP contribution < -0.4 is 5.32 Å². The van der Waals surface area contributed by atoms with Crippen molar-refractivity contribution in [3.8, 4) is 0 Å². The summed E-state index contributed by atoms with van der Waals surface area (Å²) < 4.78 is 3.63. The second-order valence-corrected chi connectivity index (χ2v) is 4.89. The minimum absolute atomic E-state index is 0.146. The lowest BCUT2D eigenvalue weighted by Crippen LogP contribution is -2.36. The summed E-state index contributed by atoms with van der Waals surface area (Å²) in [5.41, 5.74) is 0. The molecule has 6 heteroatoms. The lowest BCUT2D eigenvalue weighted by Gasteiger charge is -2.27. The van der Waals surface area contributed by atoms with Crippen LogP contribution in [-0.4, -0.2) is 33.2 Å². The number of hydrogen-bond donors (Lipinski definition) is 2. The summed E-state index contributed by atoms with van der Waals surface area (Å²) in [7, 11) is 0. The molecule has 1 aromatic rings. The predicted octanol–water partition coefficient (Wildman–Crippen LogP) is 0.819. The van der Waals surface area contributed by atoms with Crippen molar-refractivity contribution in [1.82, 2.24) is 14.9 Å². The molecule has 1 fully saturated rings. The molecule has 0 saturated heterocycles. The molecule has 0 aliphatic heterocycles. The maximum atomic E-state index is 11.6. The van der Waals surface area contributed by atoms with Gasteiger partial charge in [0.15, 0.2) is 0 Å². The maximum Gasteiger partial charge on any atom is 0.264 e. The molecule has 5 nitrogen and oxygen atoms in total. The Morgan fingerprint density at radius 2 is 2.38 bits per heavy atom.